The number of esters is 1. The van der Waals surface area contributed by atoms with Gasteiger partial charge in [-0.1, -0.05) is 38.6 Å². The fourth-order valence-corrected chi connectivity index (χ4v) is 4.58. The number of carbonyl (C=O) groups is 1. The fourth-order valence-electron chi connectivity index (χ4n) is 4.58. The summed E-state index contributed by atoms with van der Waals surface area (Å²) in [7, 11) is 0. The Morgan fingerprint density at radius 1 is 1.50 bits per heavy atom. The van der Waals surface area contributed by atoms with Crippen molar-refractivity contribution in [2.45, 2.75) is 45.3 Å². The zero-order valence-corrected chi connectivity index (χ0v) is 17.2. The molecule has 1 N–H and O–H groups in total. The first-order valence-corrected chi connectivity index (χ1v) is 8.41. The Kier molecular flexibility index (Phi) is 6.04. The molecule has 1 aliphatic carbocycles. The van der Waals surface area contributed by atoms with Crippen molar-refractivity contribution in [3.8, 4) is 0 Å². The van der Waals surface area contributed by atoms with Crippen LogP contribution in [-0.2, 0) is 30.6 Å². The van der Waals surface area contributed by atoms with Crippen LogP contribution in [0, 0.1) is 29.7 Å². The summed E-state index contributed by atoms with van der Waals surface area (Å²) in [5, 5.41) is 11.0. The van der Waals surface area contributed by atoms with E-state index >= 15 is 0 Å². The fraction of sp³-hybridized carbons (Fsp3) is 0.579. The monoisotopic (exact) mass is 498 g/mol. The molecule has 0 spiro atoms. The number of fused-ring (bicyclic) bond motifs is 1. The molecule has 6 atom stereocenters. The van der Waals surface area contributed by atoms with E-state index in [0.29, 0.717) is 12.3 Å². The summed E-state index contributed by atoms with van der Waals surface area (Å²) < 4.78 is 5.39. The van der Waals surface area contributed by atoms with Crippen LogP contribution in [0.2, 0.25) is 0 Å². The molecule has 130 valence electrons. The average Bonchev–Trinajstić information content (AvgIpc) is 2.74. The molecule has 0 aromatic carbocycles. The predicted octanol–water partition coefficient (Wildman–Crippen LogP) is 2.87. The molecule has 1 saturated carbocycles. The van der Waals surface area contributed by atoms with Gasteiger partial charge in [-0.25, -0.2) is 16.9 Å². The van der Waals surface area contributed by atoms with E-state index in [4.69, 9.17) is 4.74 Å². The van der Waals surface area contributed by atoms with E-state index in [9.17, 15) is 9.90 Å². The third kappa shape index (κ3) is 3.23. The number of aliphatic hydroxyl groups is 1. The van der Waals surface area contributed by atoms with Crippen molar-refractivity contribution in [1.82, 2.24) is 4.98 Å². The quantitative estimate of drug-likeness (QED) is 0.515. The molecule has 0 bridgehead atoms. The van der Waals surface area contributed by atoms with E-state index in [2.05, 4.69) is 31.0 Å². The summed E-state index contributed by atoms with van der Waals surface area (Å²) in [6.45, 7) is 6.18. The van der Waals surface area contributed by atoms with Crippen molar-refractivity contribution in [3.05, 3.63) is 36.2 Å². The van der Waals surface area contributed by atoms with Gasteiger partial charge in [-0.2, -0.15) is 6.07 Å². The van der Waals surface area contributed by atoms with Gasteiger partial charge in [0.15, 0.2) is 5.60 Å². The van der Waals surface area contributed by atoms with Crippen LogP contribution in [0.1, 0.15) is 39.3 Å². The molecule has 0 radical (unpaired) electrons. The molecule has 3 rings (SSSR count). The van der Waals surface area contributed by atoms with Gasteiger partial charge in [-0.15, -0.1) is 0 Å². The Morgan fingerprint density at radius 2 is 2.25 bits per heavy atom. The number of allylic oxidation sites excluding steroid dienone is 1. The first kappa shape index (κ1) is 19.3. The van der Waals surface area contributed by atoms with Gasteiger partial charge in [0, 0.05) is 27.0 Å². The summed E-state index contributed by atoms with van der Waals surface area (Å²) in [4.78, 5) is 16.5. The van der Waals surface area contributed by atoms with Gasteiger partial charge in [0.25, 0.3) is 0 Å². The molecule has 0 unspecified atom stereocenters. The molecular weight excluding hydrogens is 474 g/mol. The van der Waals surface area contributed by atoms with Gasteiger partial charge in [0.1, 0.15) is 6.10 Å². The Labute approximate surface area is 158 Å². The smallest absolute Gasteiger partial charge is 0.338 e. The second-order valence-corrected chi connectivity index (χ2v) is 6.93. The van der Waals surface area contributed by atoms with Crippen LogP contribution < -0.4 is 0 Å². The molecule has 1 aromatic heterocycles. The van der Waals surface area contributed by atoms with E-state index in [0.717, 1.165) is 12.1 Å². The third-order valence-electron chi connectivity index (χ3n) is 5.58. The van der Waals surface area contributed by atoms with Gasteiger partial charge in [0.05, 0.1) is 0 Å². The Hall–Kier alpha value is -0.992. The Balaban J connectivity index is 0.00000208. The molecule has 1 saturated heterocycles. The predicted molar refractivity (Wildman–Crippen MR) is 87.2 cm³/mol. The number of carbonyl (C=O) groups excluding carboxylic acids is 1. The number of nitrogens with zero attached hydrogens (tertiary/aromatic N) is 1. The van der Waals surface area contributed by atoms with Crippen molar-refractivity contribution >= 4 is 12.0 Å². The SMILES string of the molecule is CC[C@H]1[C@H](/C=C/c2cc[c-]cn2)[C@@H]2[C@@H](C)OC(=O)[C@]2(O)C[C@@H]1C.[W]. The van der Waals surface area contributed by atoms with E-state index in [1.54, 1.807) is 6.20 Å². The summed E-state index contributed by atoms with van der Waals surface area (Å²) in [6, 6.07) is 6.63. The molecule has 2 heterocycles. The van der Waals surface area contributed by atoms with Crippen LogP contribution in [0.4, 0.5) is 0 Å². The van der Waals surface area contributed by atoms with Gasteiger partial charge in [0.2, 0.25) is 0 Å². The standard InChI is InChI=1S/C19H24NO3.W/c1-4-15-12(2)11-19(22)17(13(3)23-18(19)21)16(15)9-8-14-7-5-6-10-20-14;/h5,7-10,12-13,15-17,22H,4,11H2,1-3H3;/q-1;/b9-8+;/t12-,13+,15+,16-,17-,19-;/m0./s1. The molecule has 1 aliphatic heterocycles. The molecule has 1 aromatic rings. The van der Waals surface area contributed by atoms with Crippen LogP contribution in [0.25, 0.3) is 6.08 Å². The summed E-state index contributed by atoms with van der Waals surface area (Å²) in [5.74, 6) is 0.140. The van der Waals surface area contributed by atoms with Crippen molar-refractivity contribution in [1.29, 1.82) is 0 Å². The molecule has 4 nitrogen and oxygen atoms in total. The molecule has 2 fully saturated rings. The largest absolute Gasteiger partial charge is 0.460 e. The molecule has 0 amide bonds. The minimum absolute atomic E-state index is 0. The van der Waals surface area contributed by atoms with E-state index < -0.39 is 11.6 Å². The number of pyridine rings is 1. The Morgan fingerprint density at radius 3 is 2.88 bits per heavy atom. The van der Waals surface area contributed by atoms with E-state index in [1.807, 2.05) is 25.1 Å². The summed E-state index contributed by atoms with van der Waals surface area (Å²) >= 11 is 0. The average molecular weight is 498 g/mol. The van der Waals surface area contributed by atoms with Crippen molar-refractivity contribution in [3.63, 3.8) is 0 Å². The first-order valence-electron chi connectivity index (χ1n) is 8.41. The van der Waals surface area contributed by atoms with Crippen LogP contribution in [-0.4, -0.2) is 27.8 Å². The van der Waals surface area contributed by atoms with Gasteiger partial charge in [-0.05, 0) is 36.8 Å². The molecular formula is C19H24NO3W-. The minimum atomic E-state index is -1.35. The first-order chi connectivity index (χ1) is 11.0. The molecule has 24 heavy (non-hydrogen) atoms. The Bertz CT molecular complexity index is 606. The topological polar surface area (TPSA) is 59.4 Å². The maximum Gasteiger partial charge on any atom is 0.338 e. The number of cyclic esters (lactones) is 1. The van der Waals surface area contributed by atoms with Crippen LogP contribution in [0.15, 0.2) is 24.4 Å². The van der Waals surface area contributed by atoms with E-state index in [1.165, 1.54) is 0 Å². The van der Waals surface area contributed by atoms with Crippen molar-refractivity contribution < 1.29 is 35.7 Å². The van der Waals surface area contributed by atoms with Crippen LogP contribution in [0.3, 0.4) is 0 Å². The zero-order valence-electron chi connectivity index (χ0n) is 14.3. The van der Waals surface area contributed by atoms with Gasteiger partial charge >= 0.3 is 5.97 Å². The second-order valence-electron chi connectivity index (χ2n) is 6.93. The molecule has 5 heteroatoms. The van der Waals surface area contributed by atoms with Gasteiger partial charge < -0.3 is 9.84 Å². The van der Waals surface area contributed by atoms with E-state index in [-0.39, 0.29) is 44.9 Å². The normalized spacial score (nSPS) is 38.5. The molecule has 2 aliphatic rings. The maximum absolute atomic E-state index is 12.2. The summed E-state index contributed by atoms with van der Waals surface area (Å²) in [6.07, 6.45) is 6.97. The minimum Gasteiger partial charge on any atom is -0.460 e. The number of ether oxygens (including phenoxy) is 1. The number of hydrogen-bond acceptors (Lipinski definition) is 4. The number of aromatic nitrogens is 1. The number of rotatable bonds is 3. The van der Waals surface area contributed by atoms with Gasteiger partial charge in [-0.3, -0.25) is 4.98 Å². The van der Waals surface area contributed by atoms with Crippen molar-refractivity contribution in [2.24, 2.45) is 23.7 Å². The maximum atomic E-state index is 12.2. The third-order valence-corrected chi connectivity index (χ3v) is 5.58. The van der Waals surface area contributed by atoms with Crippen LogP contribution in [0.5, 0.6) is 0 Å². The summed E-state index contributed by atoms with van der Waals surface area (Å²) in [5.41, 5.74) is -0.490. The van der Waals surface area contributed by atoms with Crippen LogP contribution >= 0.6 is 0 Å². The second kappa shape index (κ2) is 7.49. The zero-order chi connectivity index (χ0) is 16.6. The van der Waals surface area contributed by atoms with Crippen molar-refractivity contribution in [2.75, 3.05) is 0 Å². The number of hydrogen-bond donors (Lipinski definition) is 1.